The first kappa shape index (κ1) is 13.5. The van der Waals surface area contributed by atoms with Crippen molar-refractivity contribution in [2.75, 3.05) is 6.54 Å². The van der Waals surface area contributed by atoms with Gasteiger partial charge in [-0.15, -0.1) is 11.3 Å². The highest BCUT2D eigenvalue weighted by molar-refractivity contribution is 7.91. The van der Waals surface area contributed by atoms with Gasteiger partial charge in [0.05, 0.1) is 6.61 Å². The molecule has 1 aliphatic carbocycles. The summed E-state index contributed by atoms with van der Waals surface area (Å²) in [5.41, 5.74) is 0. The van der Waals surface area contributed by atoms with Crippen molar-refractivity contribution >= 4 is 21.4 Å². The molecule has 3 rings (SSSR count). The van der Waals surface area contributed by atoms with Crippen LogP contribution in [0.25, 0.3) is 0 Å². The fraction of sp³-hybridized carbons (Fsp3) is 0.692. The molecule has 2 fully saturated rings. The Morgan fingerprint density at radius 1 is 1.26 bits per heavy atom. The van der Waals surface area contributed by atoms with E-state index in [-0.39, 0.29) is 12.6 Å². The molecule has 0 spiro atoms. The molecule has 0 aromatic carbocycles. The summed E-state index contributed by atoms with van der Waals surface area (Å²) in [6, 6.07) is 3.54. The maximum atomic E-state index is 12.7. The molecule has 0 amide bonds. The van der Waals surface area contributed by atoms with Crippen LogP contribution in [0, 0.1) is 5.92 Å². The third-order valence-corrected chi connectivity index (χ3v) is 7.76. The number of piperidine rings is 1. The highest BCUT2D eigenvalue weighted by Crippen LogP contribution is 2.40. The zero-order chi connectivity index (χ0) is 13.5. The smallest absolute Gasteiger partial charge is 0.252 e. The minimum atomic E-state index is -3.36. The largest absolute Gasteiger partial charge is 0.391 e. The van der Waals surface area contributed by atoms with E-state index in [2.05, 4.69) is 0 Å². The van der Waals surface area contributed by atoms with Crippen LogP contribution >= 0.6 is 11.3 Å². The molecule has 1 aromatic heterocycles. The van der Waals surface area contributed by atoms with E-state index in [0.717, 1.165) is 19.3 Å². The molecule has 1 N–H and O–H groups in total. The molecular weight excluding hydrogens is 282 g/mol. The van der Waals surface area contributed by atoms with Crippen molar-refractivity contribution in [1.29, 1.82) is 0 Å². The van der Waals surface area contributed by atoms with Crippen molar-refractivity contribution in [2.45, 2.75) is 49.0 Å². The standard InChI is InChI=1S/C13H19NO3S2/c15-9-11-6-7-13(18-11)19(16,17)14-8-2-4-10-3-1-5-12(10)14/h6-7,10,12,15H,1-5,8-9H2. The summed E-state index contributed by atoms with van der Waals surface area (Å²) >= 11 is 1.19. The van der Waals surface area contributed by atoms with E-state index in [1.807, 2.05) is 0 Å². The molecule has 2 aliphatic rings. The van der Waals surface area contributed by atoms with Gasteiger partial charge in [0.15, 0.2) is 0 Å². The zero-order valence-corrected chi connectivity index (χ0v) is 12.4. The van der Waals surface area contributed by atoms with Crippen molar-refractivity contribution in [3.8, 4) is 0 Å². The van der Waals surface area contributed by atoms with E-state index in [9.17, 15) is 8.42 Å². The number of nitrogens with zero attached hydrogens (tertiary/aromatic N) is 1. The first-order valence-corrected chi connectivity index (χ1v) is 9.10. The summed E-state index contributed by atoms with van der Waals surface area (Å²) in [4.78, 5) is 0.707. The van der Waals surface area contributed by atoms with Crippen LogP contribution in [-0.4, -0.2) is 30.4 Å². The molecule has 0 bridgehead atoms. The summed E-state index contributed by atoms with van der Waals surface area (Å²) in [7, 11) is -3.36. The van der Waals surface area contributed by atoms with Crippen molar-refractivity contribution < 1.29 is 13.5 Å². The van der Waals surface area contributed by atoms with Gasteiger partial charge in [-0.25, -0.2) is 8.42 Å². The van der Waals surface area contributed by atoms with E-state index in [1.54, 1.807) is 16.4 Å². The number of hydrogen-bond donors (Lipinski definition) is 1. The van der Waals surface area contributed by atoms with Crippen molar-refractivity contribution in [2.24, 2.45) is 5.92 Å². The van der Waals surface area contributed by atoms with E-state index in [0.29, 0.717) is 21.5 Å². The lowest BCUT2D eigenvalue weighted by Gasteiger charge is -2.36. The van der Waals surface area contributed by atoms with Gasteiger partial charge in [-0.1, -0.05) is 6.42 Å². The summed E-state index contributed by atoms with van der Waals surface area (Å²) in [5, 5.41) is 9.08. The van der Waals surface area contributed by atoms with Crippen LogP contribution in [0.1, 0.15) is 37.0 Å². The maximum absolute atomic E-state index is 12.7. The Morgan fingerprint density at radius 3 is 2.79 bits per heavy atom. The Hall–Kier alpha value is -0.430. The molecule has 19 heavy (non-hydrogen) atoms. The summed E-state index contributed by atoms with van der Waals surface area (Å²) in [6.45, 7) is 0.558. The molecule has 6 heteroatoms. The number of aliphatic hydroxyl groups is 1. The fourth-order valence-corrected chi connectivity index (χ4v) is 6.50. The number of fused-ring (bicyclic) bond motifs is 1. The third kappa shape index (κ3) is 2.35. The molecule has 4 nitrogen and oxygen atoms in total. The Labute approximate surface area is 118 Å². The van der Waals surface area contributed by atoms with Crippen LogP contribution in [0.15, 0.2) is 16.3 Å². The highest BCUT2D eigenvalue weighted by Gasteiger charge is 2.41. The molecule has 0 radical (unpaired) electrons. The Kier molecular flexibility index (Phi) is 3.68. The Morgan fingerprint density at radius 2 is 2.05 bits per heavy atom. The van der Waals surface area contributed by atoms with Gasteiger partial charge >= 0.3 is 0 Å². The molecule has 1 aliphatic heterocycles. The average Bonchev–Trinajstić information content (AvgIpc) is 3.06. The predicted molar refractivity (Wildman–Crippen MR) is 74.5 cm³/mol. The first-order valence-electron chi connectivity index (χ1n) is 6.84. The zero-order valence-electron chi connectivity index (χ0n) is 10.8. The van der Waals surface area contributed by atoms with Crippen LogP contribution < -0.4 is 0 Å². The number of sulfonamides is 1. The normalized spacial score (nSPS) is 28.5. The Balaban J connectivity index is 1.90. The van der Waals surface area contributed by atoms with Gasteiger partial charge in [0.2, 0.25) is 0 Å². The van der Waals surface area contributed by atoms with Crippen LogP contribution in [0.2, 0.25) is 0 Å². The van der Waals surface area contributed by atoms with Crippen LogP contribution in [0.3, 0.4) is 0 Å². The topological polar surface area (TPSA) is 57.6 Å². The second kappa shape index (κ2) is 5.16. The fourth-order valence-electron chi connectivity index (χ4n) is 3.40. The van der Waals surface area contributed by atoms with Gasteiger partial charge in [-0.2, -0.15) is 4.31 Å². The van der Waals surface area contributed by atoms with Gasteiger partial charge in [0.1, 0.15) is 4.21 Å². The summed E-state index contributed by atoms with van der Waals surface area (Å²) in [6.07, 6.45) is 5.46. The van der Waals surface area contributed by atoms with E-state index < -0.39 is 10.0 Å². The molecule has 1 aromatic rings. The average molecular weight is 301 g/mol. The molecule has 2 heterocycles. The summed E-state index contributed by atoms with van der Waals surface area (Å²) in [5.74, 6) is 0.556. The van der Waals surface area contributed by atoms with Gasteiger partial charge < -0.3 is 5.11 Å². The monoisotopic (exact) mass is 301 g/mol. The van der Waals surface area contributed by atoms with Crippen LogP contribution in [-0.2, 0) is 16.6 Å². The molecule has 2 atom stereocenters. The highest BCUT2D eigenvalue weighted by atomic mass is 32.2. The van der Waals surface area contributed by atoms with Gasteiger partial charge in [0.25, 0.3) is 10.0 Å². The quantitative estimate of drug-likeness (QED) is 0.931. The van der Waals surface area contributed by atoms with Crippen molar-refractivity contribution in [3.05, 3.63) is 17.0 Å². The van der Waals surface area contributed by atoms with E-state index >= 15 is 0 Å². The number of aliphatic hydroxyl groups excluding tert-OH is 1. The van der Waals surface area contributed by atoms with Crippen LogP contribution in [0.5, 0.6) is 0 Å². The predicted octanol–water partition coefficient (Wildman–Crippen LogP) is 2.19. The number of thiophene rings is 1. The van der Waals surface area contributed by atoms with Gasteiger partial charge in [0, 0.05) is 17.5 Å². The number of hydrogen-bond acceptors (Lipinski definition) is 4. The van der Waals surface area contributed by atoms with Crippen LogP contribution in [0.4, 0.5) is 0 Å². The van der Waals surface area contributed by atoms with Crippen molar-refractivity contribution in [1.82, 2.24) is 4.31 Å². The molecule has 2 unspecified atom stereocenters. The third-order valence-electron chi connectivity index (χ3n) is 4.30. The van der Waals surface area contributed by atoms with Gasteiger partial charge in [-0.05, 0) is 43.7 Å². The number of rotatable bonds is 3. The molecule has 1 saturated heterocycles. The lowest BCUT2D eigenvalue weighted by atomic mass is 9.94. The minimum Gasteiger partial charge on any atom is -0.391 e. The lowest BCUT2D eigenvalue weighted by molar-refractivity contribution is 0.202. The molecule has 1 saturated carbocycles. The SMILES string of the molecule is O=S(=O)(c1ccc(CO)s1)N1CCCC2CCCC21. The molecule has 106 valence electrons. The second-order valence-electron chi connectivity index (χ2n) is 5.40. The minimum absolute atomic E-state index is 0.0910. The Bertz CT molecular complexity index is 552. The second-order valence-corrected chi connectivity index (χ2v) is 8.68. The summed E-state index contributed by atoms with van der Waals surface area (Å²) < 4.78 is 27.5. The lowest BCUT2D eigenvalue weighted by Crippen LogP contribution is -2.45. The van der Waals surface area contributed by atoms with Gasteiger partial charge in [-0.3, -0.25) is 0 Å². The van der Waals surface area contributed by atoms with Crippen molar-refractivity contribution in [3.63, 3.8) is 0 Å². The first-order chi connectivity index (χ1) is 9.13. The van der Waals surface area contributed by atoms with E-state index in [1.165, 1.54) is 24.2 Å². The maximum Gasteiger partial charge on any atom is 0.252 e. The molecular formula is C13H19NO3S2. The van der Waals surface area contributed by atoms with E-state index in [4.69, 9.17) is 5.11 Å².